The minimum atomic E-state index is -0.671. The highest BCUT2D eigenvalue weighted by atomic mass is 16.8. The van der Waals surface area contributed by atoms with E-state index in [0.29, 0.717) is 13.1 Å². The van der Waals surface area contributed by atoms with Crippen LogP contribution in [0, 0.1) is 0 Å². The molecule has 2 heterocycles. The topological polar surface area (TPSA) is 60.0 Å². The van der Waals surface area contributed by atoms with Crippen LogP contribution in [0.4, 0.5) is 0 Å². The Hall–Kier alpha value is -0.460. The fourth-order valence-corrected chi connectivity index (χ4v) is 2.05. The molecule has 4 atom stereocenters. The average molecular weight is 229 g/mol. The zero-order valence-electron chi connectivity index (χ0n) is 9.68. The molecule has 2 aliphatic rings. The Labute approximate surface area is 95.4 Å². The summed E-state index contributed by atoms with van der Waals surface area (Å²) >= 11 is 0. The van der Waals surface area contributed by atoms with E-state index >= 15 is 0 Å². The van der Waals surface area contributed by atoms with Gasteiger partial charge >= 0.3 is 0 Å². The van der Waals surface area contributed by atoms with Crippen LogP contribution in [0.25, 0.3) is 0 Å². The number of hydrogen-bond acceptors (Lipinski definition) is 5. The normalized spacial score (nSPS) is 40.9. The summed E-state index contributed by atoms with van der Waals surface area (Å²) in [7, 11) is 0. The molecule has 0 bridgehead atoms. The summed E-state index contributed by atoms with van der Waals surface area (Å²) in [5, 5.41) is 13.1. The molecule has 2 rings (SSSR count). The number of fused-ring (bicyclic) bond motifs is 1. The maximum atomic E-state index is 9.99. The molecule has 0 aromatic heterocycles. The molecular formula is C11H19NO4. The molecule has 16 heavy (non-hydrogen) atoms. The van der Waals surface area contributed by atoms with E-state index in [1.54, 1.807) is 6.08 Å². The summed E-state index contributed by atoms with van der Waals surface area (Å²) in [5.41, 5.74) is 0. The highest BCUT2D eigenvalue weighted by Crippen LogP contribution is 2.37. The fourth-order valence-electron chi connectivity index (χ4n) is 2.05. The summed E-state index contributed by atoms with van der Waals surface area (Å²) in [6.45, 7) is 8.48. The van der Waals surface area contributed by atoms with Gasteiger partial charge in [0.15, 0.2) is 12.1 Å². The molecule has 0 amide bonds. The van der Waals surface area contributed by atoms with Gasteiger partial charge in [0.25, 0.3) is 0 Å². The number of aliphatic hydroxyl groups excluding tert-OH is 1. The van der Waals surface area contributed by atoms with Crippen molar-refractivity contribution in [3.63, 3.8) is 0 Å². The zero-order chi connectivity index (χ0) is 11.8. The Morgan fingerprint density at radius 2 is 2.19 bits per heavy atom. The lowest BCUT2D eigenvalue weighted by atomic mass is 10.1. The summed E-state index contributed by atoms with van der Waals surface area (Å²) in [5.74, 6) is -0.671. The predicted octanol–water partition coefficient (Wildman–Crippen LogP) is -0.000700. The first kappa shape index (κ1) is 12.0. The summed E-state index contributed by atoms with van der Waals surface area (Å²) in [6, 6.07) is 0. The maximum absolute atomic E-state index is 9.99. The van der Waals surface area contributed by atoms with Gasteiger partial charge in [0.1, 0.15) is 18.3 Å². The molecule has 2 fully saturated rings. The van der Waals surface area contributed by atoms with Gasteiger partial charge in [0.05, 0.1) is 0 Å². The fraction of sp³-hybridized carbons (Fsp3) is 0.818. The molecular weight excluding hydrogens is 210 g/mol. The van der Waals surface area contributed by atoms with E-state index < -0.39 is 18.2 Å². The first-order valence-electron chi connectivity index (χ1n) is 5.54. The highest BCUT2D eigenvalue weighted by molar-refractivity contribution is 4.93. The molecule has 0 aromatic rings. The Bertz CT molecular complexity index is 269. The van der Waals surface area contributed by atoms with Gasteiger partial charge < -0.3 is 24.6 Å². The van der Waals surface area contributed by atoms with Crippen LogP contribution in [0.15, 0.2) is 12.7 Å². The molecule has 92 valence electrons. The van der Waals surface area contributed by atoms with Crippen molar-refractivity contribution in [3.05, 3.63) is 12.7 Å². The van der Waals surface area contributed by atoms with Crippen LogP contribution in [-0.4, -0.2) is 48.6 Å². The molecule has 2 saturated heterocycles. The molecule has 0 unspecified atom stereocenters. The largest absolute Gasteiger partial charge is 0.387 e. The van der Waals surface area contributed by atoms with Gasteiger partial charge in [0.2, 0.25) is 0 Å². The van der Waals surface area contributed by atoms with Gasteiger partial charge in [-0.05, 0) is 13.8 Å². The molecule has 0 radical (unpaired) electrons. The molecule has 0 spiro atoms. The van der Waals surface area contributed by atoms with Crippen molar-refractivity contribution in [1.29, 1.82) is 0 Å². The van der Waals surface area contributed by atoms with E-state index in [1.807, 2.05) is 13.8 Å². The van der Waals surface area contributed by atoms with E-state index in [0.717, 1.165) is 0 Å². The average Bonchev–Trinajstić information content (AvgIpc) is 2.63. The summed E-state index contributed by atoms with van der Waals surface area (Å²) in [4.78, 5) is 0. The third kappa shape index (κ3) is 2.28. The van der Waals surface area contributed by atoms with Crippen LogP contribution >= 0.6 is 0 Å². The van der Waals surface area contributed by atoms with Crippen molar-refractivity contribution in [1.82, 2.24) is 5.32 Å². The Kier molecular flexibility index (Phi) is 3.32. The van der Waals surface area contributed by atoms with Crippen molar-refractivity contribution in [2.24, 2.45) is 0 Å². The van der Waals surface area contributed by atoms with Crippen LogP contribution < -0.4 is 5.32 Å². The second kappa shape index (κ2) is 4.43. The summed E-state index contributed by atoms with van der Waals surface area (Å²) < 4.78 is 16.7. The van der Waals surface area contributed by atoms with Crippen LogP contribution in [0.5, 0.6) is 0 Å². The minimum absolute atomic E-state index is 0.286. The molecule has 0 aromatic carbocycles. The first-order valence-corrected chi connectivity index (χ1v) is 5.54. The van der Waals surface area contributed by atoms with Crippen molar-refractivity contribution in [3.8, 4) is 0 Å². The highest BCUT2D eigenvalue weighted by Gasteiger charge is 2.53. The predicted molar refractivity (Wildman–Crippen MR) is 57.8 cm³/mol. The second-order valence-electron chi connectivity index (χ2n) is 4.58. The summed E-state index contributed by atoms with van der Waals surface area (Å²) in [6.07, 6.45) is -0.0145. The lowest BCUT2D eigenvalue weighted by molar-refractivity contribution is -0.214. The molecule has 0 aliphatic carbocycles. The SMILES string of the molecule is C=CCNC[C@H]1O[C@@H]2OC(C)(C)O[C@@H]2[C@H]1O. The Morgan fingerprint density at radius 1 is 1.44 bits per heavy atom. The van der Waals surface area contributed by atoms with Gasteiger partial charge in [-0.25, -0.2) is 0 Å². The van der Waals surface area contributed by atoms with Crippen LogP contribution in [0.1, 0.15) is 13.8 Å². The van der Waals surface area contributed by atoms with Crippen LogP contribution in [0.3, 0.4) is 0 Å². The van der Waals surface area contributed by atoms with Gasteiger partial charge in [-0.1, -0.05) is 6.08 Å². The van der Waals surface area contributed by atoms with Crippen molar-refractivity contribution in [2.45, 2.75) is 44.2 Å². The molecule has 0 saturated carbocycles. The third-order valence-electron chi connectivity index (χ3n) is 2.75. The smallest absolute Gasteiger partial charge is 0.190 e. The van der Waals surface area contributed by atoms with E-state index in [2.05, 4.69) is 11.9 Å². The minimum Gasteiger partial charge on any atom is -0.387 e. The van der Waals surface area contributed by atoms with Crippen LogP contribution in [0.2, 0.25) is 0 Å². The molecule has 2 aliphatic heterocycles. The van der Waals surface area contributed by atoms with E-state index in [-0.39, 0.29) is 12.2 Å². The number of aliphatic hydroxyl groups is 1. The Morgan fingerprint density at radius 3 is 2.81 bits per heavy atom. The molecule has 5 heteroatoms. The number of rotatable bonds is 4. The van der Waals surface area contributed by atoms with Gasteiger partial charge in [-0.2, -0.15) is 0 Å². The molecule has 2 N–H and O–H groups in total. The quantitative estimate of drug-likeness (QED) is 0.525. The van der Waals surface area contributed by atoms with Crippen molar-refractivity contribution in [2.75, 3.05) is 13.1 Å². The monoisotopic (exact) mass is 229 g/mol. The van der Waals surface area contributed by atoms with Crippen molar-refractivity contribution < 1.29 is 19.3 Å². The lowest BCUT2D eigenvalue weighted by Gasteiger charge is -2.23. The van der Waals surface area contributed by atoms with Gasteiger partial charge in [-0.3, -0.25) is 0 Å². The lowest BCUT2D eigenvalue weighted by Crippen LogP contribution is -2.39. The molecule has 5 nitrogen and oxygen atoms in total. The second-order valence-corrected chi connectivity index (χ2v) is 4.58. The van der Waals surface area contributed by atoms with E-state index in [1.165, 1.54) is 0 Å². The third-order valence-corrected chi connectivity index (χ3v) is 2.75. The number of hydrogen-bond donors (Lipinski definition) is 2. The number of ether oxygens (including phenoxy) is 3. The van der Waals surface area contributed by atoms with Gasteiger partial charge in [0, 0.05) is 13.1 Å². The number of nitrogens with one attached hydrogen (secondary N) is 1. The zero-order valence-corrected chi connectivity index (χ0v) is 9.68. The van der Waals surface area contributed by atoms with Crippen LogP contribution in [-0.2, 0) is 14.2 Å². The first-order chi connectivity index (χ1) is 7.53. The van der Waals surface area contributed by atoms with E-state index in [9.17, 15) is 5.11 Å². The standard InChI is InChI=1S/C11H19NO4/c1-4-5-12-6-7-8(13)9-10(14-7)16-11(2,3)15-9/h4,7-10,12-13H,1,5-6H2,2-3H3/t7-,8+,9-,10-/m1/s1. The maximum Gasteiger partial charge on any atom is 0.190 e. The van der Waals surface area contributed by atoms with Crippen molar-refractivity contribution >= 4 is 0 Å². The van der Waals surface area contributed by atoms with E-state index in [4.69, 9.17) is 14.2 Å². The van der Waals surface area contributed by atoms with Gasteiger partial charge in [-0.15, -0.1) is 6.58 Å². The Balaban J connectivity index is 1.87.